The SMILES string of the molecule is OCC[C+]1N=NN=N1. The molecule has 0 aliphatic carbocycles. The van der Waals surface area contributed by atoms with E-state index in [1.165, 1.54) is 0 Å². The summed E-state index contributed by atoms with van der Waals surface area (Å²) >= 11 is 0. The standard InChI is InChI=1S/C3H5N4O/c8-2-1-3-4-6-7-5-3/h8H,1-2H2/q+1. The molecule has 1 aliphatic rings. The highest BCUT2D eigenvalue weighted by Gasteiger charge is 2.24. The molecule has 0 amide bonds. The molecule has 5 heteroatoms. The summed E-state index contributed by atoms with van der Waals surface area (Å²) in [5.74, 6) is 0. The van der Waals surface area contributed by atoms with Crippen molar-refractivity contribution in [2.75, 3.05) is 6.61 Å². The first-order valence-corrected chi connectivity index (χ1v) is 2.22. The number of aliphatic hydroxyl groups is 1. The van der Waals surface area contributed by atoms with E-state index in [1.54, 1.807) is 0 Å². The third-order valence-corrected chi connectivity index (χ3v) is 0.696. The lowest BCUT2D eigenvalue weighted by Gasteiger charge is -1.76. The van der Waals surface area contributed by atoms with Gasteiger partial charge < -0.3 is 5.11 Å². The molecule has 0 saturated carbocycles. The smallest absolute Gasteiger partial charge is 0.392 e. The van der Waals surface area contributed by atoms with Crippen LogP contribution in [0.2, 0.25) is 0 Å². The normalized spacial score (nSPS) is 15.9. The Kier molecular flexibility index (Phi) is 1.53. The maximum atomic E-state index is 8.30. The predicted octanol–water partition coefficient (Wildman–Crippen LogP) is 0.691. The summed E-state index contributed by atoms with van der Waals surface area (Å²) in [6.07, 6.45) is 0.931. The van der Waals surface area contributed by atoms with Crippen molar-refractivity contribution in [3.63, 3.8) is 0 Å². The Hall–Kier alpha value is -0.970. The maximum Gasteiger partial charge on any atom is 0.409 e. The topological polar surface area (TPSA) is 69.7 Å². The Morgan fingerprint density at radius 3 is 2.38 bits per heavy atom. The Labute approximate surface area is 46.1 Å². The molecule has 0 aromatic heterocycles. The van der Waals surface area contributed by atoms with Crippen LogP contribution < -0.4 is 0 Å². The number of hydrogen-bond acceptors (Lipinski definition) is 5. The van der Waals surface area contributed by atoms with Crippen molar-refractivity contribution in [3.8, 4) is 0 Å². The van der Waals surface area contributed by atoms with E-state index in [9.17, 15) is 0 Å². The summed E-state index contributed by atoms with van der Waals surface area (Å²) in [7, 11) is 0. The summed E-state index contributed by atoms with van der Waals surface area (Å²) < 4.78 is 0. The lowest BCUT2D eigenvalue weighted by atomic mass is 10.4. The molecule has 0 bridgehead atoms. The van der Waals surface area contributed by atoms with Gasteiger partial charge >= 0.3 is 6.17 Å². The summed E-state index contributed by atoms with van der Waals surface area (Å²) in [6, 6.07) is 0. The minimum atomic E-state index is 0.0490. The van der Waals surface area contributed by atoms with E-state index in [0.29, 0.717) is 12.6 Å². The first-order valence-electron chi connectivity index (χ1n) is 2.22. The van der Waals surface area contributed by atoms with Crippen molar-refractivity contribution in [2.24, 2.45) is 20.7 Å². The molecular formula is C3H5N4O+. The number of rotatable bonds is 2. The van der Waals surface area contributed by atoms with Gasteiger partial charge in [-0.1, -0.05) is 0 Å². The lowest BCUT2D eigenvalue weighted by Crippen LogP contribution is -1.89. The second-order valence-corrected chi connectivity index (χ2v) is 1.27. The first-order chi connectivity index (χ1) is 3.93. The highest BCUT2D eigenvalue weighted by Crippen LogP contribution is 2.15. The van der Waals surface area contributed by atoms with E-state index in [2.05, 4.69) is 20.7 Å². The maximum absolute atomic E-state index is 8.30. The van der Waals surface area contributed by atoms with E-state index in [-0.39, 0.29) is 6.61 Å². The molecule has 1 heterocycles. The molecule has 0 spiro atoms. The van der Waals surface area contributed by atoms with Crippen LogP contribution in [0.25, 0.3) is 0 Å². The van der Waals surface area contributed by atoms with Crippen LogP contribution in [-0.2, 0) is 0 Å². The van der Waals surface area contributed by atoms with Crippen LogP contribution in [0.1, 0.15) is 6.42 Å². The van der Waals surface area contributed by atoms with E-state index in [0.717, 1.165) is 0 Å². The Morgan fingerprint density at radius 1 is 1.25 bits per heavy atom. The largest absolute Gasteiger partial charge is 0.409 e. The van der Waals surface area contributed by atoms with Gasteiger partial charge in [0.1, 0.15) is 0 Å². The van der Waals surface area contributed by atoms with Crippen LogP contribution in [0.3, 0.4) is 0 Å². The second-order valence-electron chi connectivity index (χ2n) is 1.27. The molecule has 0 radical (unpaired) electrons. The van der Waals surface area contributed by atoms with Gasteiger partial charge in [-0.25, -0.2) is 0 Å². The summed E-state index contributed by atoms with van der Waals surface area (Å²) in [5.41, 5.74) is 0. The Bertz CT molecular complexity index is 108. The summed E-state index contributed by atoms with van der Waals surface area (Å²) in [6.45, 7) is 0.0490. The van der Waals surface area contributed by atoms with Gasteiger partial charge in [0.2, 0.25) is 0 Å². The molecule has 8 heavy (non-hydrogen) atoms. The van der Waals surface area contributed by atoms with Gasteiger partial charge in [-0.05, 0) is 0 Å². The van der Waals surface area contributed by atoms with Crippen molar-refractivity contribution >= 4 is 0 Å². The monoisotopic (exact) mass is 113 g/mol. The van der Waals surface area contributed by atoms with E-state index < -0.39 is 0 Å². The van der Waals surface area contributed by atoms with Crippen molar-refractivity contribution in [1.29, 1.82) is 0 Å². The van der Waals surface area contributed by atoms with Crippen molar-refractivity contribution in [1.82, 2.24) is 0 Å². The van der Waals surface area contributed by atoms with E-state index >= 15 is 0 Å². The molecule has 0 aromatic rings. The molecule has 0 fully saturated rings. The third-order valence-electron chi connectivity index (χ3n) is 0.696. The molecule has 5 nitrogen and oxygen atoms in total. The molecular weight excluding hydrogens is 108 g/mol. The van der Waals surface area contributed by atoms with E-state index in [1.807, 2.05) is 0 Å². The Balaban J connectivity index is 2.27. The molecule has 1 rings (SSSR count). The van der Waals surface area contributed by atoms with Crippen LogP contribution in [0.4, 0.5) is 0 Å². The minimum Gasteiger partial charge on any atom is -0.392 e. The Morgan fingerprint density at radius 2 is 1.88 bits per heavy atom. The van der Waals surface area contributed by atoms with Gasteiger partial charge in [0, 0.05) is 10.4 Å². The fraction of sp³-hybridized carbons (Fsp3) is 0.667. The van der Waals surface area contributed by atoms with Gasteiger partial charge in [0.05, 0.1) is 16.8 Å². The van der Waals surface area contributed by atoms with Crippen molar-refractivity contribution in [2.45, 2.75) is 6.42 Å². The average Bonchev–Trinajstić information content (AvgIpc) is 2.19. The molecule has 1 N–H and O–H groups in total. The van der Waals surface area contributed by atoms with Crippen LogP contribution in [0, 0.1) is 6.17 Å². The molecule has 1 aliphatic heterocycles. The van der Waals surface area contributed by atoms with Gasteiger partial charge in [-0.15, -0.1) is 0 Å². The zero-order valence-electron chi connectivity index (χ0n) is 4.15. The summed E-state index contributed by atoms with van der Waals surface area (Å²) in [5, 5.41) is 21.7. The number of nitrogens with zero attached hydrogens (tertiary/aromatic N) is 4. The minimum absolute atomic E-state index is 0.0490. The van der Waals surface area contributed by atoms with Crippen LogP contribution >= 0.6 is 0 Å². The molecule has 42 valence electrons. The molecule has 0 unspecified atom stereocenters. The number of aliphatic hydroxyl groups excluding tert-OH is 1. The highest BCUT2D eigenvalue weighted by molar-refractivity contribution is 4.81. The van der Waals surface area contributed by atoms with Crippen LogP contribution in [-0.4, -0.2) is 11.7 Å². The lowest BCUT2D eigenvalue weighted by molar-refractivity contribution is 0.291. The fourth-order valence-electron chi connectivity index (χ4n) is 0.363. The van der Waals surface area contributed by atoms with Gasteiger partial charge in [-0.3, -0.25) is 0 Å². The first kappa shape index (κ1) is 5.17. The zero-order valence-corrected chi connectivity index (χ0v) is 4.15. The fourth-order valence-corrected chi connectivity index (χ4v) is 0.363. The number of hydrogen-bond donors (Lipinski definition) is 1. The van der Waals surface area contributed by atoms with Gasteiger partial charge in [-0.2, -0.15) is 0 Å². The van der Waals surface area contributed by atoms with Crippen molar-refractivity contribution < 1.29 is 5.11 Å². The molecule has 0 aromatic carbocycles. The van der Waals surface area contributed by atoms with Crippen LogP contribution in [0.15, 0.2) is 20.7 Å². The van der Waals surface area contributed by atoms with Gasteiger partial charge in [0.25, 0.3) is 0 Å². The predicted molar refractivity (Wildman–Crippen MR) is 24.7 cm³/mol. The quantitative estimate of drug-likeness (QED) is 0.526. The van der Waals surface area contributed by atoms with Crippen molar-refractivity contribution in [3.05, 3.63) is 6.17 Å². The average molecular weight is 113 g/mol. The highest BCUT2D eigenvalue weighted by atomic mass is 16.3. The second kappa shape index (κ2) is 2.37. The molecule has 0 saturated heterocycles. The van der Waals surface area contributed by atoms with Crippen LogP contribution in [0.5, 0.6) is 0 Å². The zero-order chi connectivity index (χ0) is 5.82. The van der Waals surface area contributed by atoms with E-state index in [4.69, 9.17) is 5.11 Å². The summed E-state index contributed by atoms with van der Waals surface area (Å²) in [4.78, 5) is 0. The molecule has 0 atom stereocenters. The van der Waals surface area contributed by atoms with Gasteiger partial charge in [0.15, 0.2) is 6.42 Å². The third kappa shape index (κ3) is 1.00.